The van der Waals surface area contributed by atoms with Gasteiger partial charge in [0, 0.05) is 13.1 Å². The number of nitrogens with zero attached hydrogens (tertiary/aromatic N) is 3. The van der Waals surface area contributed by atoms with Crippen LogP contribution in [0, 0.1) is 5.92 Å². The van der Waals surface area contributed by atoms with Gasteiger partial charge in [0.1, 0.15) is 5.02 Å². The Bertz CT molecular complexity index is 942. The monoisotopic (exact) mass is 401 g/mol. The number of halogens is 2. The van der Waals surface area contributed by atoms with Gasteiger partial charge < -0.3 is 0 Å². The topological polar surface area (TPSA) is 72.3 Å². The van der Waals surface area contributed by atoms with Crippen LogP contribution < -0.4 is 5.56 Å². The molecule has 25 heavy (non-hydrogen) atoms. The van der Waals surface area contributed by atoms with Crippen molar-refractivity contribution in [3.05, 3.63) is 50.9 Å². The zero-order valence-electron chi connectivity index (χ0n) is 13.5. The van der Waals surface area contributed by atoms with E-state index >= 15 is 0 Å². The molecule has 134 valence electrons. The molecule has 0 radical (unpaired) electrons. The molecular formula is C16H17Cl2N3O3S. The van der Waals surface area contributed by atoms with E-state index in [1.807, 2.05) is 6.92 Å². The molecule has 1 aliphatic rings. The lowest BCUT2D eigenvalue weighted by atomic mass is 10.0. The van der Waals surface area contributed by atoms with Gasteiger partial charge in [0.15, 0.2) is 0 Å². The molecule has 0 bridgehead atoms. The second-order valence-electron chi connectivity index (χ2n) is 6.13. The zero-order chi connectivity index (χ0) is 18.2. The van der Waals surface area contributed by atoms with Crippen molar-refractivity contribution in [1.29, 1.82) is 0 Å². The molecule has 0 saturated carbocycles. The fourth-order valence-electron chi connectivity index (χ4n) is 2.87. The first-order chi connectivity index (χ1) is 11.8. The maximum Gasteiger partial charge on any atom is 0.291 e. The molecule has 0 spiro atoms. The highest BCUT2D eigenvalue weighted by molar-refractivity contribution is 7.89. The number of aromatic nitrogens is 2. The molecule has 1 unspecified atom stereocenters. The van der Waals surface area contributed by atoms with Crippen LogP contribution in [0.4, 0.5) is 0 Å². The van der Waals surface area contributed by atoms with Crippen LogP contribution in [-0.2, 0) is 10.0 Å². The molecule has 9 heteroatoms. The quantitative estimate of drug-likeness (QED) is 0.792. The van der Waals surface area contributed by atoms with Gasteiger partial charge >= 0.3 is 0 Å². The minimum absolute atomic E-state index is 0.0707. The van der Waals surface area contributed by atoms with E-state index in [0.29, 0.717) is 24.7 Å². The van der Waals surface area contributed by atoms with Gasteiger partial charge in [0.2, 0.25) is 10.0 Å². The van der Waals surface area contributed by atoms with Crippen LogP contribution >= 0.6 is 23.2 Å². The van der Waals surface area contributed by atoms with Crippen LogP contribution in [0.5, 0.6) is 0 Å². The molecule has 2 aromatic rings. The SMILES string of the molecule is CC1CCCN(S(=O)(=O)c2ccc(-n3ncc(Cl)c(Cl)c3=O)cc2)C1. The second kappa shape index (κ2) is 7.07. The first kappa shape index (κ1) is 18.4. The van der Waals surface area contributed by atoms with Crippen molar-refractivity contribution in [3.63, 3.8) is 0 Å². The molecule has 1 aromatic heterocycles. The van der Waals surface area contributed by atoms with Crippen molar-refractivity contribution in [3.8, 4) is 5.69 Å². The maximum absolute atomic E-state index is 12.7. The lowest BCUT2D eigenvalue weighted by Crippen LogP contribution is -2.39. The third-order valence-electron chi connectivity index (χ3n) is 4.22. The molecule has 0 amide bonds. The second-order valence-corrected chi connectivity index (χ2v) is 8.85. The van der Waals surface area contributed by atoms with Gasteiger partial charge in [0.25, 0.3) is 5.56 Å². The minimum atomic E-state index is -3.54. The Morgan fingerprint density at radius 2 is 1.88 bits per heavy atom. The van der Waals surface area contributed by atoms with E-state index in [4.69, 9.17) is 23.2 Å². The molecule has 2 heterocycles. The van der Waals surface area contributed by atoms with E-state index in [2.05, 4.69) is 5.10 Å². The summed E-state index contributed by atoms with van der Waals surface area (Å²) in [5, 5.41) is 3.87. The lowest BCUT2D eigenvalue weighted by molar-refractivity contribution is 0.281. The Morgan fingerprint density at radius 1 is 1.20 bits per heavy atom. The molecule has 6 nitrogen and oxygen atoms in total. The zero-order valence-corrected chi connectivity index (χ0v) is 15.9. The number of piperidine rings is 1. The molecule has 1 aromatic carbocycles. The number of sulfonamides is 1. The van der Waals surface area contributed by atoms with Crippen molar-refractivity contribution in [2.24, 2.45) is 5.92 Å². The molecule has 1 saturated heterocycles. The van der Waals surface area contributed by atoms with Crippen molar-refractivity contribution >= 4 is 33.2 Å². The lowest BCUT2D eigenvalue weighted by Gasteiger charge is -2.30. The smallest absolute Gasteiger partial charge is 0.266 e. The number of hydrogen-bond donors (Lipinski definition) is 0. The normalized spacial score (nSPS) is 19.1. The van der Waals surface area contributed by atoms with Crippen molar-refractivity contribution in [1.82, 2.24) is 14.1 Å². The van der Waals surface area contributed by atoms with E-state index in [-0.39, 0.29) is 14.9 Å². The summed E-state index contributed by atoms with van der Waals surface area (Å²) in [5.41, 5.74) is -0.149. The Labute approximate surface area is 156 Å². The summed E-state index contributed by atoms with van der Waals surface area (Å²) in [5.74, 6) is 0.349. The van der Waals surface area contributed by atoms with Crippen LogP contribution in [0.2, 0.25) is 10.0 Å². The standard InChI is InChI=1S/C16H17Cl2N3O3S/c1-11-3-2-8-20(10-11)25(23,24)13-6-4-12(5-7-13)21-16(22)15(18)14(17)9-19-21/h4-7,9,11H,2-3,8,10H2,1H3. The van der Waals surface area contributed by atoms with Gasteiger partial charge in [-0.05, 0) is 43.0 Å². The molecule has 1 fully saturated rings. The molecular weight excluding hydrogens is 385 g/mol. The van der Waals surface area contributed by atoms with E-state index in [0.717, 1.165) is 17.5 Å². The minimum Gasteiger partial charge on any atom is -0.266 e. The Hall–Kier alpha value is -1.41. The van der Waals surface area contributed by atoms with Crippen LogP contribution in [0.25, 0.3) is 5.69 Å². The van der Waals surface area contributed by atoms with Crippen molar-refractivity contribution < 1.29 is 8.42 Å². The van der Waals surface area contributed by atoms with Crippen LogP contribution in [-0.4, -0.2) is 35.6 Å². The Balaban J connectivity index is 1.93. The van der Waals surface area contributed by atoms with E-state index in [1.54, 1.807) is 0 Å². The van der Waals surface area contributed by atoms with E-state index in [1.165, 1.54) is 34.8 Å². The van der Waals surface area contributed by atoms with Crippen LogP contribution in [0.15, 0.2) is 40.2 Å². The van der Waals surface area contributed by atoms with Gasteiger partial charge in [-0.3, -0.25) is 4.79 Å². The predicted molar refractivity (Wildman–Crippen MR) is 97.0 cm³/mol. The van der Waals surface area contributed by atoms with Gasteiger partial charge in [0.05, 0.1) is 21.8 Å². The van der Waals surface area contributed by atoms with Gasteiger partial charge in [-0.2, -0.15) is 14.1 Å². The van der Waals surface area contributed by atoms with Gasteiger partial charge in [-0.1, -0.05) is 30.1 Å². The summed E-state index contributed by atoms with van der Waals surface area (Å²) in [6.07, 6.45) is 3.17. The average Bonchev–Trinajstić information content (AvgIpc) is 2.60. The number of hydrogen-bond acceptors (Lipinski definition) is 4. The van der Waals surface area contributed by atoms with Crippen molar-refractivity contribution in [2.45, 2.75) is 24.7 Å². The molecule has 1 atom stereocenters. The fraction of sp³-hybridized carbons (Fsp3) is 0.375. The van der Waals surface area contributed by atoms with Gasteiger partial charge in [-0.15, -0.1) is 0 Å². The highest BCUT2D eigenvalue weighted by atomic mass is 35.5. The number of benzene rings is 1. The summed E-state index contributed by atoms with van der Waals surface area (Å²) < 4.78 is 28.1. The van der Waals surface area contributed by atoms with E-state index in [9.17, 15) is 13.2 Å². The predicted octanol–water partition coefficient (Wildman–Crippen LogP) is 2.96. The van der Waals surface area contributed by atoms with E-state index < -0.39 is 15.6 Å². The summed E-state index contributed by atoms with van der Waals surface area (Å²) in [6, 6.07) is 6.00. The third kappa shape index (κ3) is 3.60. The average molecular weight is 402 g/mol. The fourth-order valence-corrected chi connectivity index (χ4v) is 4.72. The van der Waals surface area contributed by atoms with Crippen LogP contribution in [0.1, 0.15) is 19.8 Å². The molecule has 3 rings (SSSR count). The first-order valence-corrected chi connectivity index (χ1v) is 10.0. The van der Waals surface area contributed by atoms with Crippen molar-refractivity contribution in [2.75, 3.05) is 13.1 Å². The number of rotatable bonds is 3. The summed E-state index contributed by atoms with van der Waals surface area (Å²) >= 11 is 11.6. The maximum atomic E-state index is 12.7. The Morgan fingerprint density at radius 3 is 2.52 bits per heavy atom. The molecule has 0 N–H and O–H groups in total. The largest absolute Gasteiger partial charge is 0.291 e. The van der Waals surface area contributed by atoms with Crippen LogP contribution in [0.3, 0.4) is 0 Å². The highest BCUT2D eigenvalue weighted by Gasteiger charge is 2.28. The third-order valence-corrected chi connectivity index (χ3v) is 6.84. The molecule has 1 aliphatic heterocycles. The summed E-state index contributed by atoms with van der Waals surface area (Å²) in [7, 11) is -3.54. The molecule has 0 aliphatic carbocycles. The van der Waals surface area contributed by atoms with Gasteiger partial charge in [-0.25, -0.2) is 8.42 Å². The highest BCUT2D eigenvalue weighted by Crippen LogP contribution is 2.24. The first-order valence-electron chi connectivity index (χ1n) is 7.84. The summed E-state index contributed by atoms with van der Waals surface area (Å²) in [6.45, 7) is 3.10. The summed E-state index contributed by atoms with van der Waals surface area (Å²) in [4.78, 5) is 12.3. The Kier molecular flexibility index (Phi) is 5.20.